The van der Waals surface area contributed by atoms with Gasteiger partial charge < -0.3 is 10.4 Å². The molecule has 0 amide bonds. The highest BCUT2D eigenvalue weighted by atomic mass is 16.4. The Morgan fingerprint density at radius 3 is 2.95 bits per heavy atom. The number of hydrogen-bond acceptors (Lipinski definition) is 3. The highest BCUT2D eigenvalue weighted by molar-refractivity contribution is 5.67. The first-order chi connectivity index (χ1) is 9.70. The van der Waals surface area contributed by atoms with Gasteiger partial charge in [-0.05, 0) is 37.0 Å². The summed E-state index contributed by atoms with van der Waals surface area (Å²) in [6.45, 7) is 0. The van der Waals surface area contributed by atoms with Gasteiger partial charge in [0.25, 0.3) is 0 Å². The molecule has 5 heteroatoms. The Kier molecular flexibility index (Phi) is 3.41. The van der Waals surface area contributed by atoms with Crippen LogP contribution in [0.5, 0.6) is 0 Å². The molecule has 0 radical (unpaired) electrons. The second-order valence-electron chi connectivity index (χ2n) is 5.33. The van der Waals surface area contributed by atoms with Gasteiger partial charge in [0, 0.05) is 29.9 Å². The molecule has 0 saturated heterocycles. The van der Waals surface area contributed by atoms with Crippen molar-refractivity contribution in [2.45, 2.75) is 25.3 Å². The van der Waals surface area contributed by atoms with Crippen molar-refractivity contribution in [2.24, 2.45) is 5.92 Å². The zero-order valence-corrected chi connectivity index (χ0v) is 11.0. The van der Waals surface area contributed by atoms with E-state index >= 15 is 0 Å². The molecule has 104 valence electrons. The number of aromatic amines is 1. The summed E-state index contributed by atoms with van der Waals surface area (Å²) in [5.74, 6) is -0.379. The maximum atomic E-state index is 10.6. The van der Waals surface area contributed by atoms with Crippen LogP contribution in [0.25, 0.3) is 11.3 Å². The Balaban J connectivity index is 1.59. The summed E-state index contributed by atoms with van der Waals surface area (Å²) in [5, 5.41) is 19.1. The van der Waals surface area contributed by atoms with E-state index in [1.807, 2.05) is 24.3 Å². The second-order valence-corrected chi connectivity index (χ2v) is 5.33. The van der Waals surface area contributed by atoms with Crippen LogP contribution in [0.3, 0.4) is 0 Å². The van der Waals surface area contributed by atoms with Crippen molar-refractivity contribution in [3.8, 4) is 11.3 Å². The Morgan fingerprint density at radius 1 is 1.40 bits per heavy atom. The number of rotatable bonds is 5. The van der Waals surface area contributed by atoms with E-state index in [1.54, 1.807) is 6.20 Å². The number of nitrogens with one attached hydrogen (secondary N) is 2. The molecule has 5 nitrogen and oxygen atoms in total. The molecule has 1 aromatic heterocycles. The molecular weight excluding hydrogens is 254 g/mol. The van der Waals surface area contributed by atoms with Crippen molar-refractivity contribution in [3.63, 3.8) is 0 Å². The van der Waals surface area contributed by atoms with Gasteiger partial charge >= 0.3 is 5.97 Å². The van der Waals surface area contributed by atoms with Gasteiger partial charge in [-0.15, -0.1) is 0 Å². The number of nitrogens with zero attached hydrogens (tertiary/aromatic N) is 1. The van der Waals surface area contributed by atoms with Gasteiger partial charge in [0.1, 0.15) is 0 Å². The number of carboxylic acids is 1. The van der Waals surface area contributed by atoms with Crippen LogP contribution < -0.4 is 5.32 Å². The van der Waals surface area contributed by atoms with Gasteiger partial charge in [0.05, 0.1) is 5.69 Å². The van der Waals surface area contributed by atoms with Crippen molar-refractivity contribution < 1.29 is 9.90 Å². The Bertz CT molecular complexity index is 589. The van der Waals surface area contributed by atoms with E-state index in [1.165, 1.54) is 0 Å². The van der Waals surface area contributed by atoms with Gasteiger partial charge in [-0.2, -0.15) is 5.10 Å². The predicted molar refractivity (Wildman–Crippen MR) is 76.4 cm³/mol. The molecule has 1 saturated carbocycles. The van der Waals surface area contributed by atoms with Crippen LogP contribution in [0, 0.1) is 5.92 Å². The first-order valence-electron chi connectivity index (χ1n) is 6.79. The molecule has 1 aliphatic rings. The average Bonchev–Trinajstić information content (AvgIpc) is 2.90. The molecule has 20 heavy (non-hydrogen) atoms. The van der Waals surface area contributed by atoms with Crippen molar-refractivity contribution in [3.05, 3.63) is 36.5 Å². The van der Waals surface area contributed by atoms with Crippen LogP contribution in [0.1, 0.15) is 19.3 Å². The van der Waals surface area contributed by atoms with Crippen molar-refractivity contribution in [2.75, 3.05) is 5.32 Å². The smallest absolute Gasteiger partial charge is 0.303 e. The molecule has 0 bridgehead atoms. The molecule has 1 aliphatic carbocycles. The number of anilines is 1. The van der Waals surface area contributed by atoms with Crippen molar-refractivity contribution >= 4 is 11.7 Å². The summed E-state index contributed by atoms with van der Waals surface area (Å²) in [6.07, 6.45) is 3.88. The zero-order valence-electron chi connectivity index (χ0n) is 11.0. The summed E-state index contributed by atoms with van der Waals surface area (Å²) < 4.78 is 0. The fourth-order valence-corrected chi connectivity index (χ4v) is 2.70. The number of aliphatic carboxylic acids is 1. The third kappa shape index (κ3) is 2.82. The molecular formula is C15H17N3O2. The Hall–Kier alpha value is -2.30. The predicted octanol–water partition coefficient (Wildman–Crippen LogP) is 2.74. The second kappa shape index (κ2) is 5.36. The lowest BCUT2D eigenvalue weighted by Crippen LogP contribution is -2.36. The molecule has 1 heterocycles. The maximum Gasteiger partial charge on any atom is 0.303 e. The van der Waals surface area contributed by atoms with Crippen LogP contribution >= 0.6 is 0 Å². The molecule has 3 rings (SSSR count). The molecule has 2 aromatic rings. The largest absolute Gasteiger partial charge is 0.481 e. The first-order valence-corrected chi connectivity index (χ1v) is 6.79. The minimum absolute atomic E-state index is 0.284. The van der Waals surface area contributed by atoms with Crippen LogP contribution in [0.15, 0.2) is 36.5 Å². The van der Waals surface area contributed by atoms with E-state index in [-0.39, 0.29) is 6.42 Å². The van der Waals surface area contributed by atoms with E-state index in [4.69, 9.17) is 5.11 Å². The van der Waals surface area contributed by atoms with E-state index in [0.29, 0.717) is 12.0 Å². The lowest BCUT2D eigenvalue weighted by molar-refractivity contribution is -0.138. The van der Waals surface area contributed by atoms with Crippen LogP contribution in [-0.2, 0) is 4.79 Å². The molecule has 0 aliphatic heterocycles. The highest BCUT2D eigenvalue weighted by Crippen LogP contribution is 2.33. The molecule has 1 fully saturated rings. The number of benzene rings is 1. The highest BCUT2D eigenvalue weighted by Gasteiger charge is 2.30. The number of hydrogen-bond donors (Lipinski definition) is 3. The Morgan fingerprint density at radius 2 is 2.25 bits per heavy atom. The van der Waals surface area contributed by atoms with E-state index in [9.17, 15) is 4.79 Å². The standard InChI is InChI=1S/C15H17N3O2/c19-15(20)8-10-6-13(7-10)17-12-3-1-2-11(9-12)14-4-5-16-18-14/h1-5,9-10,13,17H,6-8H2,(H,16,18)(H,19,20). The van der Waals surface area contributed by atoms with Gasteiger partial charge in [-0.1, -0.05) is 12.1 Å². The lowest BCUT2D eigenvalue weighted by Gasteiger charge is -2.35. The minimum Gasteiger partial charge on any atom is -0.481 e. The third-order valence-electron chi connectivity index (χ3n) is 3.74. The summed E-state index contributed by atoms with van der Waals surface area (Å²) in [6, 6.07) is 10.5. The lowest BCUT2D eigenvalue weighted by atomic mass is 9.78. The SMILES string of the molecule is O=C(O)CC1CC(Nc2cccc(-c3ccn[nH]3)c2)C1. The van der Waals surface area contributed by atoms with E-state index < -0.39 is 5.97 Å². The fourth-order valence-electron chi connectivity index (χ4n) is 2.70. The zero-order chi connectivity index (χ0) is 13.9. The normalized spacial score (nSPS) is 21.2. The first kappa shape index (κ1) is 12.7. The molecule has 0 spiro atoms. The molecule has 1 aromatic carbocycles. The minimum atomic E-state index is -0.699. The van der Waals surface area contributed by atoms with Gasteiger partial charge in [-0.25, -0.2) is 0 Å². The van der Waals surface area contributed by atoms with Gasteiger partial charge in [0.15, 0.2) is 0 Å². The number of aromatic nitrogens is 2. The summed E-state index contributed by atoms with van der Waals surface area (Å²) in [5.41, 5.74) is 3.15. The number of carboxylic acid groups (broad SMARTS) is 1. The summed E-state index contributed by atoms with van der Waals surface area (Å²) >= 11 is 0. The Labute approximate surface area is 117 Å². The molecule has 3 N–H and O–H groups in total. The van der Waals surface area contributed by atoms with Gasteiger partial charge in [0.2, 0.25) is 0 Å². The number of carbonyl (C=O) groups is 1. The van der Waals surface area contributed by atoms with Crippen LogP contribution in [0.2, 0.25) is 0 Å². The van der Waals surface area contributed by atoms with Crippen molar-refractivity contribution in [1.29, 1.82) is 0 Å². The fraction of sp³-hybridized carbons (Fsp3) is 0.333. The number of H-pyrrole nitrogens is 1. The molecule has 0 atom stereocenters. The topological polar surface area (TPSA) is 78.0 Å². The van der Waals surface area contributed by atoms with Gasteiger partial charge in [-0.3, -0.25) is 9.89 Å². The van der Waals surface area contributed by atoms with Crippen LogP contribution in [0.4, 0.5) is 5.69 Å². The summed E-state index contributed by atoms with van der Waals surface area (Å²) in [4.78, 5) is 10.6. The monoisotopic (exact) mass is 271 g/mol. The molecule has 0 unspecified atom stereocenters. The maximum absolute atomic E-state index is 10.6. The van der Waals surface area contributed by atoms with E-state index in [0.717, 1.165) is 29.8 Å². The quantitative estimate of drug-likeness (QED) is 0.781. The average molecular weight is 271 g/mol. The van der Waals surface area contributed by atoms with E-state index in [2.05, 4.69) is 21.6 Å². The van der Waals surface area contributed by atoms with Crippen LogP contribution in [-0.4, -0.2) is 27.3 Å². The van der Waals surface area contributed by atoms with Crippen molar-refractivity contribution in [1.82, 2.24) is 10.2 Å². The summed E-state index contributed by atoms with van der Waals surface area (Å²) in [7, 11) is 0. The third-order valence-corrected chi connectivity index (χ3v) is 3.74.